The van der Waals surface area contributed by atoms with Gasteiger partial charge in [-0.15, -0.1) is 0 Å². The monoisotopic (exact) mass is 316 g/mol. The van der Waals surface area contributed by atoms with E-state index in [0.717, 1.165) is 23.1 Å². The van der Waals surface area contributed by atoms with Crippen molar-refractivity contribution in [3.05, 3.63) is 51.8 Å². The predicted molar refractivity (Wildman–Crippen MR) is 67.8 cm³/mol. The zero-order chi connectivity index (χ0) is 16.3. The first-order valence-electron chi connectivity index (χ1n) is 6.14. The largest absolute Gasteiger partial charge is 0.490 e. The quantitative estimate of drug-likeness (QED) is 0.670. The molecule has 0 spiro atoms. The van der Waals surface area contributed by atoms with Gasteiger partial charge in [0.05, 0.1) is 18.2 Å². The van der Waals surface area contributed by atoms with Gasteiger partial charge in [0, 0.05) is 11.5 Å². The van der Waals surface area contributed by atoms with Crippen LogP contribution in [0.4, 0.5) is 19.1 Å². The van der Waals surface area contributed by atoms with E-state index in [-0.39, 0.29) is 13.0 Å². The summed E-state index contributed by atoms with van der Waals surface area (Å²) in [6.07, 6.45) is -4.17. The molecule has 7 nitrogen and oxygen atoms in total. The zero-order valence-corrected chi connectivity index (χ0v) is 11.1. The van der Waals surface area contributed by atoms with Crippen molar-refractivity contribution in [1.29, 1.82) is 0 Å². The number of nitro groups is 1. The highest BCUT2D eigenvalue weighted by molar-refractivity contribution is 5.25. The fraction of sp³-hybridized carbons (Fsp3) is 0.333. The Morgan fingerprint density at radius 1 is 1.32 bits per heavy atom. The van der Waals surface area contributed by atoms with Gasteiger partial charge in [0.1, 0.15) is 0 Å². The van der Waals surface area contributed by atoms with Crippen LogP contribution >= 0.6 is 0 Å². The minimum atomic E-state index is -4.41. The van der Waals surface area contributed by atoms with Crippen molar-refractivity contribution in [2.24, 2.45) is 0 Å². The fourth-order valence-corrected chi connectivity index (χ4v) is 1.84. The SMILES string of the molecule is O=[N+]([O-])c1ncn(C[C@H](O)Cc2ccc(C(F)(F)F)cc2)n1. The Labute approximate surface area is 122 Å². The molecule has 1 aromatic heterocycles. The molecule has 0 saturated carbocycles. The molecule has 0 amide bonds. The second-order valence-electron chi connectivity index (χ2n) is 4.58. The third kappa shape index (κ3) is 4.01. The number of hydrogen-bond acceptors (Lipinski definition) is 5. The van der Waals surface area contributed by atoms with Gasteiger partial charge in [0.25, 0.3) is 0 Å². The number of benzene rings is 1. The van der Waals surface area contributed by atoms with Crippen molar-refractivity contribution in [3.63, 3.8) is 0 Å². The molecule has 1 aromatic carbocycles. The molecule has 1 heterocycles. The second kappa shape index (κ2) is 6.10. The van der Waals surface area contributed by atoms with Gasteiger partial charge in [-0.05, 0) is 22.6 Å². The molecule has 0 aliphatic heterocycles. The number of rotatable bonds is 5. The maximum absolute atomic E-state index is 12.4. The van der Waals surface area contributed by atoms with Gasteiger partial charge in [-0.2, -0.15) is 17.9 Å². The van der Waals surface area contributed by atoms with Crippen LogP contribution in [0.1, 0.15) is 11.1 Å². The van der Waals surface area contributed by atoms with E-state index >= 15 is 0 Å². The number of hydrogen-bond donors (Lipinski definition) is 1. The summed E-state index contributed by atoms with van der Waals surface area (Å²) in [4.78, 5) is 13.1. The summed E-state index contributed by atoms with van der Waals surface area (Å²) in [5.74, 6) is -0.582. The molecule has 0 fully saturated rings. The molecule has 0 radical (unpaired) electrons. The van der Waals surface area contributed by atoms with Crippen LogP contribution in [0.2, 0.25) is 0 Å². The Kier molecular flexibility index (Phi) is 4.40. The molecule has 0 bridgehead atoms. The van der Waals surface area contributed by atoms with Gasteiger partial charge in [0.15, 0.2) is 0 Å². The molecular weight excluding hydrogens is 305 g/mol. The first-order chi connectivity index (χ1) is 10.3. The number of aliphatic hydroxyl groups is 1. The average Bonchev–Trinajstić information content (AvgIpc) is 2.86. The summed E-state index contributed by atoms with van der Waals surface area (Å²) in [5.41, 5.74) is -0.257. The number of aromatic nitrogens is 3. The highest BCUT2D eigenvalue weighted by Gasteiger charge is 2.30. The molecule has 0 aliphatic carbocycles. The number of alkyl halides is 3. The summed E-state index contributed by atoms with van der Waals surface area (Å²) in [6.45, 7) is -0.0537. The fourth-order valence-electron chi connectivity index (χ4n) is 1.84. The van der Waals surface area contributed by atoms with Crippen molar-refractivity contribution < 1.29 is 23.2 Å². The summed E-state index contributed by atoms with van der Waals surface area (Å²) in [7, 11) is 0. The van der Waals surface area contributed by atoms with Crippen LogP contribution in [0, 0.1) is 10.1 Å². The van der Waals surface area contributed by atoms with Crippen molar-refractivity contribution in [2.75, 3.05) is 0 Å². The molecular formula is C12H11F3N4O3. The summed E-state index contributed by atoms with van der Waals surface area (Å²) >= 11 is 0. The van der Waals surface area contributed by atoms with Crippen molar-refractivity contribution in [3.8, 4) is 0 Å². The molecule has 118 valence electrons. The van der Waals surface area contributed by atoms with Crippen molar-refractivity contribution >= 4 is 5.95 Å². The predicted octanol–water partition coefficient (Wildman–Crippen LogP) is 1.81. The smallest absolute Gasteiger partial charge is 0.391 e. The van der Waals surface area contributed by atoms with Gasteiger partial charge in [0.2, 0.25) is 6.33 Å². The lowest BCUT2D eigenvalue weighted by Gasteiger charge is -2.10. The molecule has 2 aromatic rings. The van der Waals surface area contributed by atoms with Crippen molar-refractivity contribution in [1.82, 2.24) is 14.8 Å². The highest BCUT2D eigenvalue weighted by atomic mass is 19.4. The average molecular weight is 316 g/mol. The minimum Gasteiger partial charge on any atom is -0.391 e. The van der Waals surface area contributed by atoms with Crippen LogP contribution in [0.5, 0.6) is 0 Å². The molecule has 0 unspecified atom stereocenters. The lowest BCUT2D eigenvalue weighted by molar-refractivity contribution is -0.394. The summed E-state index contributed by atoms with van der Waals surface area (Å²) < 4.78 is 38.3. The number of aliphatic hydroxyl groups excluding tert-OH is 1. The molecule has 0 saturated heterocycles. The maximum atomic E-state index is 12.4. The topological polar surface area (TPSA) is 94.1 Å². The third-order valence-corrected chi connectivity index (χ3v) is 2.84. The maximum Gasteiger partial charge on any atom is 0.490 e. The first kappa shape index (κ1) is 15.9. The Morgan fingerprint density at radius 3 is 2.45 bits per heavy atom. The van der Waals surface area contributed by atoms with Crippen LogP contribution < -0.4 is 0 Å². The van der Waals surface area contributed by atoms with Gasteiger partial charge in [-0.1, -0.05) is 17.1 Å². The Bertz CT molecular complexity index is 654. The molecule has 10 heteroatoms. The molecule has 1 atom stereocenters. The van der Waals surface area contributed by atoms with Gasteiger partial charge >= 0.3 is 12.1 Å². The molecule has 0 aliphatic rings. The van der Waals surface area contributed by atoms with Crippen LogP contribution in [0.3, 0.4) is 0 Å². The van der Waals surface area contributed by atoms with E-state index in [4.69, 9.17) is 0 Å². The van der Waals surface area contributed by atoms with E-state index in [0.29, 0.717) is 5.56 Å². The van der Waals surface area contributed by atoms with Crippen LogP contribution in [0.15, 0.2) is 30.6 Å². The lowest BCUT2D eigenvalue weighted by atomic mass is 10.1. The van der Waals surface area contributed by atoms with E-state index in [1.165, 1.54) is 12.1 Å². The Hall–Kier alpha value is -2.49. The molecule has 2 rings (SSSR count). The summed E-state index contributed by atoms with van der Waals surface area (Å²) in [6, 6.07) is 4.41. The van der Waals surface area contributed by atoms with E-state index in [1.54, 1.807) is 0 Å². The van der Waals surface area contributed by atoms with Crippen LogP contribution in [0.25, 0.3) is 0 Å². The molecule has 22 heavy (non-hydrogen) atoms. The van der Waals surface area contributed by atoms with Gasteiger partial charge < -0.3 is 15.2 Å². The van der Waals surface area contributed by atoms with Gasteiger partial charge in [-0.25, -0.2) is 0 Å². The standard InChI is InChI=1S/C12H11F3N4O3/c13-12(14,15)9-3-1-8(2-4-9)5-10(20)6-18-7-16-11(17-18)19(21)22/h1-4,7,10,20H,5-6H2/t10-/m1/s1. The van der Waals surface area contributed by atoms with Gasteiger partial charge in [-0.3, -0.25) is 0 Å². The van der Waals surface area contributed by atoms with Crippen LogP contribution in [-0.2, 0) is 19.1 Å². The Balaban J connectivity index is 1.96. The third-order valence-electron chi connectivity index (χ3n) is 2.84. The second-order valence-corrected chi connectivity index (χ2v) is 4.58. The summed E-state index contributed by atoms with van der Waals surface area (Å²) in [5, 5.41) is 23.8. The normalized spacial score (nSPS) is 13.1. The number of nitrogens with zero attached hydrogens (tertiary/aromatic N) is 4. The highest BCUT2D eigenvalue weighted by Crippen LogP contribution is 2.29. The molecule has 1 N–H and O–H groups in total. The Morgan fingerprint density at radius 2 is 1.95 bits per heavy atom. The van der Waals surface area contributed by atoms with E-state index < -0.39 is 28.7 Å². The van der Waals surface area contributed by atoms with E-state index in [1.807, 2.05) is 0 Å². The van der Waals surface area contributed by atoms with E-state index in [2.05, 4.69) is 10.1 Å². The lowest BCUT2D eigenvalue weighted by Crippen LogP contribution is -2.19. The van der Waals surface area contributed by atoms with Crippen molar-refractivity contribution in [2.45, 2.75) is 25.2 Å². The van der Waals surface area contributed by atoms with Crippen LogP contribution in [-0.4, -0.2) is 30.9 Å². The first-order valence-corrected chi connectivity index (χ1v) is 6.14. The minimum absolute atomic E-state index is 0.0537. The zero-order valence-electron chi connectivity index (χ0n) is 11.1. The number of halogens is 3. The van der Waals surface area contributed by atoms with E-state index in [9.17, 15) is 28.4 Å².